The van der Waals surface area contributed by atoms with Gasteiger partial charge in [0.15, 0.2) is 11.9 Å². The molecule has 120 valence electrons. The molecule has 6 nitrogen and oxygen atoms in total. The first-order chi connectivity index (χ1) is 11.2. The summed E-state index contributed by atoms with van der Waals surface area (Å²) in [5.74, 6) is 1.12. The van der Waals surface area contributed by atoms with Crippen molar-refractivity contribution in [2.24, 2.45) is 5.10 Å². The molecule has 0 aliphatic carbocycles. The molecule has 3 rings (SSSR count). The minimum absolute atomic E-state index is 0.292. The van der Waals surface area contributed by atoms with E-state index in [0.717, 1.165) is 0 Å². The summed E-state index contributed by atoms with van der Waals surface area (Å²) in [5.41, 5.74) is 0. The van der Waals surface area contributed by atoms with Gasteiger partial charge in [0.25, 0.3) is 0 Å². The number of hydrogen-bond acceptors (Lipinski definition) is 7. The van der Waals surface area contributed by atoms with E-state index in [1.54, 1.807) is 25.3 Å². The minimum Gasteiger partial charge on any atom is -0.464 e. The van der Waals surface area contributed by atoms with E-state index in [9.17, 15) is 4.79 Å². The number of hydrogen-bond donors (Lipinski definition) is 0. The molecule has 0 saturated carbocycles. The lowest BCUT2D eigenvalue weighted by molar-refractivity contribution is -0.144. The molecule has 23 heavy (non-hydrogen) atoms. The Balaban J connectivity index is 1.88. The Bertz CT molecular complexity index is 721. The van der Waals surface area contributed by atoms with Gasteiger partial charge >= 0.3 is 5.97 Å². The average Bonchev–Trinajstić information content (AvgIpc) is 3.18. The fourth-order valence-corrected chi connectivity index (χ4v) is 2.91. The first-order valence-corrected chi connectivity index (χ1v) is 8.35. The molecular formula is C15H14ClN3O3S. The van der Waals surface area contributed by atoms with Gasteiger partial charge in [0.05, 0.1) is 18.1 Å². The lowest BCUT2D eigenvalue weighted by atomic mass is 10.2. The molecule has 3 heterocycles. The van der Waals surface area contributed by atoms with Crippen molar-refractivity contribution in [2.45, 2.75) is 19.4 Å². The summed E-state index contributed by atoms with van der Waals surface area (Å²) in [6, 6.07) is 4.60. The molecule has 0 aromatic carbocycles. The molecule has 2 aromatic rings. The van der Waals surface area contributed by atoms with Crippen molar-refractivity contribution >= 4 is 40.6 Å². The minimum atomic E-state index is -0.643. The number of hydrazone groups is 1. The molecule has 0 saturated heterocycles. The first kappa shape index (κ1) is 15.8. The predicted octanol–water partition coefficient (Wildman–Crippen LogP) is 3.33. The fraction of sp³-hybridized carbons (Fsp3) is 0.267. The van der Waals surface area contributed by atoms with Crippen LogP contribution in [-0.2, 0) is 9.53 Å². The van der Waals surface area contributed by atoms with Gasteiger partial charge in [0.1, 0.15) is 5.75 Å². The van der Waals surface area contributed by atoms with Gasteiger partial charge in [-0.2, -0.15) is 0 Å². The summed E-state index contributed by atoms with van der Waals surface area (Å²) in [5, 5.41) is 9.99. The maximum absolute atomic E-state index is 12.2. The second-order valence-corrected chi connectivity index (χ2v) is 5.87. The Morgan fingerprint density at radius 1 is 1.52 bits per heavy atom. The standard InChI is InChI=1S/C15H14ClN3O3S/c1-2-21-15(20)12-8-13(22-10-5-7-23-9-10)18-19(12)14-11(16)4-3-6-17-14/h3-7,9,12H,2,8H2,1H3. The number of esters is 1. The quantitative estimate of drug-likeness (QED) is 0.790. The zero-order valence-corrected chi connectivity index (χ0v) is 13.9. The molecular weight excluding hydrogens is 338 g/mol. The number of nitrogens with zero attached hydrogens (tertiary/aromatic N) is 3. The van der Waals surface area contributed by atoms with Gasteiger partial charge < -0.3 is 9.47 Å². The van der Waals surface area contributed by atoms with Gasteiger partial charge in [-0.15, -0.1) is 16.4 Å². The number of carbonyl (C=O) groups is 1. The summed E-state index contributed by atoms with van der Waals surface area (Å²) in [6.45, 7) is 2.05. The van der Waals surface area contributed by atoms with E-state index < -0.39 is 6.04 Å². The summed E-state index contributed by atoms with van der Waals surface area (Å²) < 4.78 is 10.8. The highest BCUT2D eigenvalue weighted by molar-refractivity contribution is 7.08. The van der Waals surface area contributed by atoms with Crippen LogP contribution in [0.4, 0.5) is 5.82 Å². The molecule has 1 atom stereocenters. The van der Waals surface area contributed by atoms with Crippen LogP contribution in [0.1, 0.15) is 13.3 Å². The third-order valence-corrected chi connectivity index (χ3v) is 4.08. The number of rotatable bonds is 4. The Kier molecular flexibility index (Phi) is 4.78. The van der Waals surface area contributed by atoms with Crippen molar-refractivity contribution < 1.29 is 14.3 Å². The number of pyridine rings is 1. The van der Waals surface area contributed by atoms with Gasteiger partial charge in [0, 0.05) is 11.6 Å². The Morgan fingerprint density at radius 2 is 2.39 bits per heavy atom. The van der Waals surface area contributed by atoms with E-state index in [1.165, 1.54) is 16.3 Å². The van der Waals surface area contributed by atoms with Crippen LogP contribution in [-0.4, -0.2) is 29.5 Å². The third-order valence-electron chi connectivity index (χ3n) is 3.13. The van der Waals surface area contributed by atoms with Crippen LogP contribution in [0.5, 0.6) is 5.75 Å². The summed E-state index contributed by atoms with van der Waals surface area (Å²) >= 11 is 7.70. The van der Waals surface area contributed by atoms with E-state index >= 15 is 0 Å². The highest BCUT2D eigenvalue weighted by atomic mass is 35.5. The zero-order valence-electron chi connectivity index (χ0n) is 12.3. The van der Waals surface area contributed by atoms with Crippen LogP contribution < -0.4 is 9.75 Å². The third kappa shape index (κ3) is 3.46. The van der Waals surface area contributed by atoms with E-state index in [4.69, 9.17) is 21.1 Å². The highest BCUT2D eigenvalue weighted by Crippen LogP contribution is 2.30. The number of aromatic nitrogens is 1. The molecule has 0 bridgehead atoms. The lowest BCUT2D eigenvalue weighted by Crippen LogP contribution is -2.36. The van der Waals surface area contributed by atoms with Gasteiger partial charge in [-0.05, 0) is 30.5 Å². The van der Waals surface area contributed by atoms with Crippen LogP contribution in [0.3, 0.4) is 0 Å². The monoisotopic (exact) mass is 351 g/mol. The van der Waals surface area contributed by atoms with Crippen molar-refractivity contribution in [3.05, 3.63) is 40.2 Å². The van der Waals surface area contributed by atoms with Crippen molar-refractivity contribution in [3.8, 4) is 5.75 Å². The second kappa shape index (κ2) is 6.97. The maximum atomic E-state index is 12.2. The molecule has 0 spiro atoms. The Hall–Kier alpha value is -2.12. The molecule has 0 radical (unpaired) electrons. The van der Waals surface area contributed by atoms with Crippen molar-refractivity contribution in [2.75, 3.05) is 11.6 Å². The van der Waals surface area contributed by atoms with Gasteiger partial charge in [-0.25, -0.2) is 14.8 Å². The molecule has 1 aliphatic rings. The molecule has 8 heteroatoms. The van der Waals surface area contributed by atoms with E-state index in [1.807, 2.05) is 16.8 Å². The molecule has 0 N–H and O–H groups in total. The molecule has 0 amide bonds. The maximum Gasteiger partial charge on any atom is 0.331 e. The van der Waals surface area contributed by atoms with Crippen LogP contribution in [0, 0.1) is 0 Å². The zero-order chi connectivity index (χ0) is 16.2. The smallest absolute Gasteiger partial charge is 0.331 e. The van der Waals surface area contributed by atoms with Crippen LogP contribution in [0.2, 0.25) is 5.02 Å². The van der Waals surface area contributed by atoms with Crippen molar-refractivity contribution in [1.82, 2.24) is 4.98 Å². The number of thiophene rings is 1. The van der Waals surface area contributed by atoms with E-state index in [-0.39, 0.29) is 5.97 Å². The Morgan fingerprint density at radius 3 is 3.09 bits per heavy atom. The second-order valence-electron chi connectivity index (χ2n) is 4.68. The van der Waals surface area contributed by atoms with Crippen LogP contribution in [0.25, 0.3) is 0 Å². The molecule has 2 aromatic heterocycles. The predicted molar refractivity (Wildman–Crippen MR) is 89.1 cm³/mol. The SMILES string of the molecule is CCOC(=O)C1CC(Oc2ccsc2)=NN1c1ncccc1Cl. The summed E-state index contributed by atoms with van der Waals surface area (Å²) in [6.07, 6.45) is 1.89. The normalized spacial score (nSPS) is 17.0. The van der Waals surface area contributed by atoms with E-state index in [0.29, 0.717) is 35.5 Å². The van der Waals surface area contributed by atoms with Gasteiger partial charge in [-0.1, -0.05) is 11.6 Å². The number of anilines is 1. The molecule has 0 fully saturated rings. The van der Waals surface area contributed by atoms with Gasteiger partial charge in [-0.3, -0.25) is 0 Å². The number of ether oxygens (including phenoxy) is 2. The molecule has 1 aliphatic heterocycles. The molecule has 1 unspecified atom stereocenters. The van der Waals surface area contributed by atoms with Gasteiger partial charge in [0.2, 0.25) is 5.90 Å². The van der Waals surface area contributed by atoms with Crippen LogP contribution >= 0.6 is 22.9 Å². The highest BCUT2D eigenvalue weighted by Gasteiger charge is 2.37. The van der Waals surface area contributed by atoms with Crippen molar-refractivity contribution in [3.63, 3.8) is 0 Å². The lowest BCUT2D eigenvalue weighted by Gasteiger charge is -2.20. The number of carbonyl (C=O) groups excluding carboxylic acids is 1. The average molecular weight is 352 g/mol. The summed E-state index contributed by atoms with van der Waals surface area (Å²) in [4.78, 5) is 16.4. The van der Waals surface area contributed by atoms with E-state index in [2.05, 4.69) is 10.1 Å². The first-order valence-electron chi connectivity index (χ1n) is 7.03. The Labute approximate surface area is 142 Å². The van der Waals surface area contributed by atoms with Crippen molar-refractivity contribution in [1.29, 1.82) is 0 Å². The fourth-order valence-electron chi connectivity index (χ4n) is 2.15. The largest absolute Gasteiger partial charge is 0.464 e. The topological polar surface area (TPSA) is 64.0 Å². The van der Waals surface area contributed by atoms with Crippen LogP contribution in [0.15, 0.2) is 40.3 Å². The number of halogens is 1. The summed E-state index contributed by atoms with van der Waals surface area (Å²) in [7, 11) is 0.